The lowest BCUT2D eigenvalue weighted by molar-refractivity contribution is -0.102. The van der Waals surface area contributed by atoms with Crippen molar-refractivity contribution >= 4 is 12.0 Å². The van der Waals surface area contributed by atoms with E-state index in [2.05, 4.69) is 17.1 Å². The molecule has 1 aromatic carbocycles. The lowest BCUT2D eigenvalue weighted by atomic mass is 10.1. The van der Waals surface area contributed by atoms with Gasteiger partial charge in [0.15, 0.2) is 6.29 Å². The normalized spacial score (nSPS) is 16.8. The van der Waals surface area contributed by atoms with Crippen LogP contribution in [-0.4, -0.2) is 12.0 Å². The molecule has 1 aliphatic rings. The van der Waals surface area contributed by atoms with Crippen molar-refractivity contribution < 1.29 is 4.79 Å². The molecule has 74 valence electrons. The van der Waals surface area contributed by atoms with Crippen LogP contribution in [0.15, 0.2) is 59.2 Å². The van der Waals surface area contributed by atoms with E-state index in [0.717, 1.165) is 18.4 Å². The number of benzene rings is 1. The molecule has 0 saturated carbocycles. The summed E-state index contributed by atoms with van der Waals surface area (Å²) < 4.78 is 0. The molecule has 0 aliphatic carbocycles. The number of hydrogen-bond acceptors (Lipinski definition) is 2. The molecule has 0 unspecified atom stereocenters. The van der Waals surface area contributed by atoms with Gasteiger partial charge in [0.25, 0.3) is 0 Å². The van der Waals surface area contributed by atoms with Crippen molar-refractivity contribution in [3.05, 3.63) is 59.8 Å². The second kappa shape index (κ2) is 4.51. The number of allylic oxidation sites excluding steroid dienone is 3. The molecule has 0 fully saturated rings. The molecule has 0 bridgehead atoms. The zero-order chi connectivity index (χ0) is 10.5. The van der Waals surface area contributed by atoms with Gasteiger partial charge < -0.3 is 0 Å². The first-order chi connectivity index (χ1) is 7.38. The van der Waals surface area contributed by atoms with Crippen LogP contribution in [0.2, 0.25) is 0 Å². The summed E-state index contributed by atoms with van der Waals surface area (Å²) in [6, 6.07) is 10.2. The molecule has 0 atom stereocenters. The van der Waals surface area contributed by atoms with E-state index >= 15 is 0 Å². The van der Waals surface area contributed by atoms with Crippen molar-refractivity contribution in [2.75, 3.05) is 0 Å². The van der Waals surface area contributed by atoms with E-state index in [9.17, 15) is 4.79 Å². The van der Waals surface area contributed by atoms with E-state index in [4.69, 9.17) is 0 Å². The largest absolute Gasteiger partial charge is 0.296 e. The Hall–Kier alpha value is -1.96. The third-order valence-corrected chi connectivity index (χ3v) is 2.19. The van der Waals surface area contributed by atoms with Crippen molar-refractivity contribution in [3.8, 4) is 0 Å². The maximum absolute atomic E-state index is 10.4. The van der Waals surface area contributed by atoms with Crippen LogP contribution in [0.5, 0.6) is 0 Å². The van der Waals surface area contributed by atoms with Gasteiger partial charge in [0.05, 0.1) is 5.70 Å². The SMILES string of the molecule is O=CC1=NC(=CCc2ccccc2)C=C1. The van der Waals surface area contributed by atoms with Gasteiger partial charge in [-0.3, -0.25) is 4.79 Å². The zero-order valence-electron chi connectivity index (χ0n) is 8.26. The van der Waals surface area contributed by atoms with Crippen molar-refractivity contribution in [2.45, 2.75) is 6.42 Å². The van der Waals surface area contributed by atoms with Gasteiger partial charge in [0.2, 0.25) is 0 Å². The molecule has 15 heavy (non-hydrogen) atoms. The molecular weight excluding hydrogens is 186 g/mol. The minimum Gasteiger partial charge on any atom is -0.296 e. The fourth-order valence-electron chi connectivity index (χ4n) is 1.41. The lowest BCUT2D eigenvalue weighted by Crippen LogP contribution is -1.88. The van der Waals surface area contributed by atoms with Gasteiger partial charge in [-0.15, -0.1) is 0 Å². The quantitative estimate of drug-likeness (QED) is 0.684. The van der Waals surface area contributed by atoms with Crippen molar-refractivity contribution in [1.29, 1.82) is 0 Å². The first-order valence-electron chi connectivity index (χ1n) is 4.84. The minimum atomic E-state index is 0.495. The van der Waals surface area contributed by atoms with Crippen LogP contribution in [0, 0.1) is 0 Å². The highest BCUT2D eigenvalue weighted by Gasteiger charge is 2.01. The predicted octanol–water partition coefficient (Wildman–Crippen LogP) is 2.32. The van der Waals surface area contributed by atoms with Gasteiger partial charge >= 0.3 is 0 Å². The third-order valence-electron chi connectivity index (χ3n) is 2.19. The highest BCUT2D eigenvalue weighted by molar-refractivity contribution is 6.35. The number of rotatable bonds is 3. The van der Waals surface area contributed by atoms with Crippen molar-refractivity contribution in [2.24, 2.45) is 4.99 Å². The van der Waals surface area contributed by atoms with E-state index in [0.29, 0.717) is 5.71 Å². The van der Waals surface area contributed by atoms with Crippen LogP contribution in [0.4, 0.5) is 0 Å². The summed E-state index contributed by atoms with van der Waals surface area (Å²) in [6.07, 6.45) is 7.20. The second-order valence-electron chi connectivity index (χ2n) is 3.31. The van der Waals surface area contributed by atoms with E-state index < -0.39 is 0 Å². The van der Waals surface area contributed by atoms with Gasteiger partial charge in [-0.25, -0.2) is 4.99 Å². The average molecular weight is 197 g/mol. The molecule has 0 spiro atoms. The average Bonchev–Trinajstić information content (AvgIpc) is 2.76. The maximum Gasteiger partial charge on any atom is 0.168 e. The smallest absolute Gasteiger partial charge is 0.168 e. The Morgan fingerprint density at radius 3 is 2.60 bits per heavy atom. The number of carbonyl (C=O) groups is 1. The molecule has 0 aromatic heterocycles. The summed E-state index contributed by atoms with van der Waals surface area (Å²) in [6.45, 7) is 0. The van der Waals surface area contributed by atoms with Crippen LogP contribution in [-0.2, 0) is 11.2 Å². The van der Waals surface area contributed by atoms with E-state index in [1.807, 2.05) is 30.4 Å². The molecule has 2 nitrogen and oxygen atoms in total. The molecule has 1 heterocycles. The standard InChI is InChI=1S/C13H11NO/c15-10-13-9-8-12(14-13)7-6-11-4-2-1-3-5-11/h1-5,7-10H,6H2. The minimum absolute atomic E-state index is 0.495. The molecule has 2 rings (SSSR count). The van der Waals surface area contributed by atoms with Crippen LogP contribution in [0.25, 0.3) is 0 Å². The highest BCUT2D eigenvalue weighted by atomic mass is 16.1. The summed E-state index contributed by atoms with van der Waals surface area (Å²) in [7, 11) is 0. The van der Waals surface area contributed by atoms with Crippen molar-refractivity contribution in [1.82, 2.24) is 0 Å². The van der Waals surface area contributed by atoms with E-state index in [1.165, 1.54) is 5.56 Å². The fraction of sp³-hybridized carbons (Fsp3) is 0.0769. The highest BCUT2D eigenvalue weighted by Crippen LogP contribution is 2.10. The molecule has 2 heteroatoms. The molecular formula is C13H11NO. The summed E-state index contributed by atoms with van der Waals surface area (Å²) in [5.74, 6) is 0. The summed E-state index contributed by atoms with van der Waals surface area (Å²) in [5, 5.41) is 0. The van der Waals surface area contributed by atoms with Gasteiger partial charge in [0, 0.05) is 0 Å². The molecule has 0 radical (unpaired) electrons. The first kappa shape index (κ1) is 9.59. The Balaban J connectivity index is 2.05. The second-order valence-corrected chi connectivity index (χ2v) is 3.31. The fourth-order valence-corrected chi connectivity index (χ4v) is 1.41. The van der Waals surface area contributed by atoms with Crippen LogP contribution >= 0.6 is 0 Å². The lowest BCUT2D eigenvalue weighted by Gasteiger charge is -1.94. The predicted molar refractivity (Wildman–Crippen MR) is 60.9 cm³/mol. The molecule has 1 aromatic rings. The molecule has 0 saturated heterocycles. The summed E-state index contributed by atoms with van der Waals surface area (Å²) in [5.41, 5.74) is 2.60. The van der Waals surface area contributed by atoms with Gasteiger partial charge in [-0.2, -0.15) is 0 Å². The van der Waals surface area contributed by atoms with Crippen LogP contribution in [0.1, 0.15) is 5.56 Å². The van der Waals surface area contributed by atoms with E-state index in [1.54, 1.807) is 6.08 Å². The molecule has 1 aliphatic heterocycles. The van der Waals surface area contributed by atoms with E-state index in [-0.39, 0.29) is 0 Å². The maximum atomic E-state index is 10.4. The summed E-state index contributed by atoms with van der Waals surface area (Å²) >= 11 is 0. The number of carbonyl (C=O) groups excluding carboxylic acids is 1. The van der Waals surface area contributed by atoms with Gasteiger partial charge in [0.1, 0.15) is 5.71 Å². The first-order valence-corrected chi connectivity index (χ1v) is 4.84. The number of aldehydes is 1. The Morgan fingerprint density at radius 2 is 1.93 bits per heavy atom. The zero-order valence-corrected chi connectivity index (χ0v) is 8.26. The Kier molecular flexibility index (Phi) is 2.88. The van der Waals surface area contributed by atoms with Gasteiger partial charge in [-0.05, 0) is 24.1 Å². The number of nitrogens with zero attached hydrogens (tertiary/aromatic N) is 1. The Morgan fingerprint density at radius 1 is 1.13 bits per heavy atom. The topological polar surface area (TPSA) is 29.4 Å². The van der Waals surface area contributed by atoms with Crippen LogP contribution in [0.3, 0.4) is 0 Å². The summed E-state index contributed by atoms with van der Waals surface area (Å²) in [4.78, 5) is 14.5. The van der Waals surface area contributed by atoms with Gasteiger partial charge in [-0.1, -0.05) is 36.4 Å². The molecule has 0 N–H and O–H groups in total. The number of aliphatic imine (C=N–C) groups is 1. The third kappa shape index (κ3) is 2.50. The number of hydrogen-bond donors (Lipinski definition) is 0. The Labute approximate surface area is 88.7 Å². The Bertz CT molecular complexity index is 441. The monoisotopic (exact) mass is 197 g/mol. The van der Waals surface area contributed by atoms with Crippen molar-refractivity contribution in [3.63, 3.8) is 0 Å². The molecule has 0 amide bonds. The van der Waals surface area contributed by atoms with Crippen LogP contribution < -0.4 is 0 Å².